The Bertz CT molecular complexity index is 520. The first-order chi connectivity index (χ1) is 9.31. The lowest BCUT2D eigenvalue weighted by molar-refractivity contribution is 0.171. The van der Waals surface area contributed by atoms with Gasteiger partial charge in [-0.15, -0.1) is 0 Å². The SMILES string of the molecule is COc1cc(C(C#N)NCC2CC2)cc2c1OCO2. The molecule has 1 heterocycles. The van der Waals surface area contributed by atoms with Crippen LogP contribution in [0.15, 0.2) is 12.1 Å². The third kappa shape index (κ3) is 2.45. The van der Waals surface area contributed by atoms with E-state index < -0.39 is 0 Å². The van der Waals surface area contributed by atoms with E-state index in [9.17, 15) is 5.26 Å². The van der Waals surface area contributed by atoms with Gasteiger partial charge in [-0.2, -0.15) is 5.26 Å². The lowest BCUT2D eigenvalue weighted by atomic mass is 10.1. The summed E-state index contributed by atoms with van der Waals surface area (Å²) >= 11 is 0. The van der Waals surface area contributed by atoms with Crippen LogP contribution in [0.5, 0.6) is 17.2 Å². The fourth-order valence-corrected chi connectivity index (χ4v) is 2.16. The smallest absolute Gasteiger partial charge is 0.231 e. The molecule has 1 unspecified atom stereocenters. The normalized spacial score (nSPS) is 17.9. The molecule has 0 aromatic heterocycles. The van der Waals surface area contributed by atoms with E-state index in [-0.39, 0.29) is 12.8 Å². The molecule has 2 aliphatic rings. The molecule has 1 aromatic carbocycles. The quantitative estimate of drug-likeness (QED) is 0.877. The highest BCUT2D eigenvalue weighted by atomic mass is 16.7. The van der Waals surface area contributed by atoms with Crippen molar-refractivity contribution in [1.29, 1.82) is 5.26 Å². The largest absolute Gasteiger partial charge is 0.493 e. The predicted octanol–water partition coefficient (Wildman–Crippen LogP) is 1.99. The molecular formula is C14H16N2O3. The predicted molar refractivity (Wildman–Crippen MR) is 68.2 cm³/mol. The summed E-state index contributed by atoms with van der Waals surface area (Å²) in [7, 11) is 1.58. The molecule has 0 amide bonds. The van der Waals surface area contributed by atoms with Crippen molar-refractivity contribution >= 4 is 0 Å². The van der Waals surface area contributed by atoms with Gasteiger partial charge in [0.25, 0.3) is 0 Å². The van der Waals surface area contributed by atoms with Gasteiger partial charge in [0.15, 0.2) is 11.5 Å². The number of nitrogens with one attached hydrogen (secondary N) is 1. The Hall–Kier alpha value is -1.93. The summed E-state index contributed by atoms with van der Waals surface area (Å²) in [6.07, 6.45) is 2.52. The molecular weight excluding hydrogens is 244 g/mol. The van der Waals surface area contributed by atoms with Gasteiger partial charge in [-0.05, 0) is 43.0 Å². The number of hydrogen-bond donors (Lipinski definition) is 1. The van der Waals surface area contributed by atoms with Crippen LogP contribution in [0.25, 0.3) is 0 Å². The molecule has 0 spiro atoms. The second-order valence-corrected chi connectivity index (χ2v) is 4.87. The monoisotopic (exact) mass is 260 g/mol. The Balaban J connectivity index is 1.83. The molecule has 1 aliphatic heterocycles. The summed E-state index contributed by atoms with van der Waals surface area (Å²) in [5.41, 5.74) is 0.851. The Morgan fingerprint density at radius 2 is 2.32 bits per heavy atom. The van der Waals surface area contributed by atoms with Crippen LogP contribution in [-0.2, 0) is 0 Å². The van der Waals surface area contributed by atoms with Gasteiger partial charge in [-0.3, -0.25) is 5.32 Å². The first-order valence-electron chi connectivity index (χ1n) is 6.42. The number of benzene rings is 1. The summed E-state index contributed by atoms with van der Waals surface area (Å²) in [5.74, 6) is 2.60. The van der Waals surface area contributed by atoms with Crippen molar-refractivity contribution in [1.82, 2.24) is 5.32 Å². The van der Waals surface area contributed by atoms with Crippen molar-refractivity contribution in [3.8, 4) is 23.3 Å². The summed E-state index contributed by atoms with van der Waals surface area (Å²) in [6, 6.07) is 5.62. The average Bonchev–Trinajstić information content (AvgIpc) is 3.14. The number of rotatable bonds is 5. The molecule has 1 atom stereocenters. The number of hydrogen-bond acceptors (Lipinski definition) is 5. The molecule has 3 rings (SSSR count). The molecule has 5 nitrogen and oxygen atoms in total. The Labute approximate surface area is 112 Å². The minimum atomic E-state index is -0.344. The lowest BCUT2D eigenvalue weighted by Gasteiger charge is -2.14. The van der Waals surface area contributed by atoms with Gasteiger partial charge in [0.1, 0.15) is 6.04 Å². The maximum absolute atomic E-state index is 9.30. The van der Waals surface area contributed by atoms with Crippen molar-refractivity contribution in [3.63, 3.8) is 0 Å². The van der Waals surface area contributed by atoms with E-state index in [2.05, 4.69) is 11.4 Å². The van der Waals surface area contributed by atoms with Gasteiger partial charge >= 0.3 is 0 Å². The van der Waals surface area contributed by atoms with Crippen LogP contribution in [0.2, 0.25) is 0 Å². The van der Waals surface area contributed by atoms with Crippen LogP contribution in [0.1, 0.15) is 24.4 Å². The van der Waals surface area contributed by atoms with Gasteiger partial charge in [0, 0.05) is 0 Å². The highest BCUT2D eigenvalue weighted by molar-refractivity contribution is 5.56. The molecule has 1 saturated carbocycles. The number of methoxy groups -OCH3 is 1. The van der Waals surface area contributed by atoms with E-state index in [1.165, 1.54) is 12.8 Å². The van der Waals surface area contributed by atoms with Gasteiger partial charge in [0.05, 0.1) is 13.2 Å². The van der Waals surface area contributed by atoms with Gasteiger partial charge in [-0.1, -0.05) is 0 Å². The summed E-state index contributed by atoms with van der Waals surface area (Å²) < 4.78 is 16.0. The molecule has 5 heteroatoms. The summed E-state index contributed by atoms with van der Waals surface area (Å²) in [6.45, 7) is 1.08. The number of nitriles is 1. The summed E-state index contributed by atoms with van der Waals surface area (Å²) in [4.78, 5) is 0. The van der Waals surface area contributed by atoms with E-state index in [1.807, 2.05) is 12.1 Å². The van der Waals surface area contributed by atoms with Crippen molar-refractivity contribution in [3.05, 3.63) is 17.7 Å². The molecule has 0 bridgehead atoms. The highest BCUT2D eigenvalue weighted by Crippen LogP contribution is 2.43. The Kier molecular flexibility index (Phi) is 3.18. The zero-order valence-electron chi connectivity index (χ0n) is 10.8. The zero-order valence-corrected chi connectivity index (χ0v) is 10.8. The fourth-order valence-electron chi connectivity index (χ4n) is 2.16. The van der Waals surface area contributed by atoms with Crippen LogP contribution >= 0.6 is 0 Å². The number of fused-ring (bicyclic) bond motifs is 1. The van der Waals surface area contributed by atoms with Crippen molar-refractivity contribution in [2.45, 2.75) is 18.9 Å². The topological polar surface area (TPSA) is 63.5 Å². The molecule has 0 radical (unpaired) electrons. The third-order valence-electron chi connectivity index (χ3n) is 3.45. The Morgan fingerprint density at radius 1 is 1.47 bits per heavy atom. The van der Waals surface area contributed by atoms with Crippen LogP contribution in [0, 0.1) is 17.2 Å². The fraction of sp³-hybridized carbons (Fsp3) is 0.500. The second kappa shape index (κ2) is 4.98. The van der Waals surface area contributed by atoms with Crippen LogP contribution in [0.4, 0.5) is 0 Å². The molecule has 19 heavy (non-hydrogen) atoms. The van der Waals surface area contributed by atoms with Gasteiger partial charge in [-0.25, -0.2) is 0 Å². The van der Waals surface area contributed by atoms with E-state index >= 15 is 0 Å². The van der Waals surface area contributed by atoms with Gasteiger partial charge in [0.2, 0.25) is 12.5 Å². The van der Waals surface area contributed by atoms with E-state index in [4.69, 9.17) is 14.2 Å². The maximum Gasteiger partial charge on any atom is 0.231 e. The molecule has 1 aliphatic carbocycles. The van der Waals surface area contributed by atoms with Crippen LogP contribution in [0.3, 0.4) is 0 Å². The standard InChI is InChI=1S/C14H16N2O3/c1-17-12-4-10(5-13-14(12)19-8-18-13)11(6-15)16-7-9-2-3-9/h4-5,9,11,16H,2-3,7-8H2,1H3. The molecule has 1 aromatic rings. The molecule has 0 saturated heterocycles. The number of ether oxygens (including phenoxy) is 3. The highest BCUT2D eigenvalue weighted by Gasteiger charge is 2.25. The minimum Gasteiger partial charge on any atom is -0.493 e. The van der Waals surface area contributed by atoms with E-state index in [0.717, 1.165) is 18.0 Å². The summed E-state index contributed by atoms with van der Waals surface area (Å²) in [5, 5.41) is 12.6. The van der Waals surface area contributed by atoms with Crippen LogP contribution < -0.4 is 19.5 Å². The molecule has 1 N–H and O–H groups in total. The average molecular weight is 260 g/mol. The first kappa shape index (κ1) is 12.1. The lowest BCUT2D eigenvalue weighted by Crippen LogP contribution is -2.22. The van der Waals surface area contributed by atoms with Crippen LogP contribution in [-0.4, -0.2) is 20.4 Å². The number of nitrogens with zero attached hydrogens (tertiary/aromatic N) is 1. The molecule has 100 valence electrons. The maximum atomic E-state index is 9.30. The second-order valence-electron chi connectivity index (χ2n) is 4.87. The minimum absolute atomic E-state index is 0.196. The molecule has 1 fully saturated rings. The Morgan fingerprint density at radius 3 is 3.00 bits per heavy atom. The third-order valence-corrected chi connectivity index (χ3v) is 3.45. The van der Waals surface area contributed by atoms with Crippen molar-refractivity contribution in [2.24, 2.45) is 5.92 Å². The first-order valence-corrected chi connectivity index (χ1v) is 6.42. The van der Waals surface area contributed by atoms with Crippen molar-refractivity contribution < 1.29 is 14.2 Å². The van der Waals surface area contributed by atoms with E-state index in [0.29, 0.717) is 17.2 Å². The zero-order chi connectivity index (χ0) is 13.2. The van der Waals surface area contributed by atoms with Crippen molar-refractivity contribution in [2.75, 3.05) is 20.4 Å². The van der Waals surface area contributed by atoms with E-state index in [1.54, 1.807) is 7.11 Å². The van der Waals surface area contributed by atoms with Gasteiger partial charge < -0.3 is 14.2 Å².